The molecule has 0 radical (unpaired) electrons. The van der Waals surface area contributed by atoms with Crippen molar-refractivity contribution in [1.82, 2.24) is 19.4 Å². The maximum atomic E-state index is 13.6. The molecule has 8 heteroatoms. The molecule has 1 atom stereocenters. The summed E-state index contributed by atoms with van der Waals surface area (Å²) in [5.74, 6) is -0.867. The molecule has 5 rings (SSSR count). The number of methoxy groups -OCH3 is 1. The molecule has 2 saturated heterocycles. The summed E-state index contributed by atoms with van der Waals surface area (Å²) in [5.41, 5.74) is 4.27. The van der Waals surface area contributed by atoms with Crippen molar-refractivity contribution in [3.63, 3.8) is 0 Å². The number of nitrogens with zero attached hydrogens (tertiary/aromatic N) is 4. The van der Waals surface area contributed by atoms with Crippen molar-refractivity contribution in [2.24, 2.45) is 0 Å². The summed E-state index contributed by atoms with van der Waals surface area (Å²) in [5, 5.41) is 0. The third-order valence-corrected chi connectivity index (χ3v) is 6.99. The van der Waals surface area contributed by atoms with Crippen molar-refractivity contribution < 1.29 is 18.3 Å². The highest BCUT2D eigenvalue weighted by atomic mass is 19.2. The van der Waals surface area contributed by atoms with Gasteiger partial charge in [0.2, 0.25) is 5.91 Å². The van der Waals surface area contributed by atoms with E-state index in [9.17, 15) is 13.6 Å². The van der Waals surface area contributed by atoms with Gasteiger partial charge in [0.1, 0.15) is 5.75 Å². The molecule has 0 saturated carbocycles. The van der Waals surface area contributed by atoms with Gasteiger partial charge in [-0.2, -0.15) is 0 Å². The van der Waals surface area contributed by atoms with E-state index in [0.717, 1.165) is 67.0 Å². The second kappa shape index (κ2) is 10.2. The highest BCUT2D eigenvalue weighted by Crippen LogP contribution is 2.29. The molecule has 0 spiro atoms. The Morgan fingerprint density at radius 2 is 2.00 bits per heavy atom. The minimum absolute atomic E-state index is 0.0780. The lowest BCUT2D eigenvalue weighted by molar-refractivity contribution is -0.130. The fourth-order valence-electron chi connectivity index (χ4n) is 5.17. The lowest BCUT2D eigenvalue weighted by Gasteiger charge is -2.34. The second-order valence-electron chi connectivity index (χ2n) is 9.55. The lowest BCUT2D eigenvalue weighted by atomic mass is 9.98. The molecule has 0 aliphatic carbocycles. The maximum Gasteiger partial charge on any atom is 0.250 e. The van der Waals surface area contributed by atoms with E-state index >= 15 is 0 Å². The van der Waals surface area contributed by atoms with Gasteiger partial charge in [-0.25, -0.2) is 13.8 Å². The van der Waals surface area contributed by atoms with Crippen molar-refractivity contribution >= 4 is 12.0 Å². The van der Waals surface area contributed by atoms with E-state index in [2.05, 4.69) is 9.88 Å². The average molecular weight is 493 g/mol. The summed E-state index contributed by atoms with van der Waals surface area (Å²) in [6.07, 6.45) is 8.19. The number of carbonyl (C=O) groups excluding carboxylic acids is 1. The van der Waals surface area contributed by atoms with Crippen LogP contribution in [0.1, 0.15) is 36.1 Å². The number of hydrogen-bond acceptors (Lipinski definition) is 4. The molecule has 2 aliphatic rings. The number of aromatic nitrogens is 2. The van der Waals surface area contributed by atoms with Gasteiger partial charge in [0.15, 0.2) is 11.6 Å². The number of benzene rings is 2. The topological polar surface area (TPSA) is 50.6 Å². The molecule has 6 nitrogen and oxygen atoms in total. The van der Waals surface area contributed by atoms with E-state index in [1.165, 1.54) is 12.1 Å². The van der Waals surface area contributed by atoms with E-state index in [4.69, 9.17) is 4.74 Å². The first kappa shape index (κ1) is 24.2. The molecule has 2 aliphatic heterocycles. The summed E-state index contributed by atoms with van der Waals surface area (Å²) < 4.78 is 34.4. The molecule has 0 bridgehead atoms. The molecular weight excluding hydrogens is 462 g/mol. The number of carbonyl (C=O) groups is 1. The van der Waals surface area contributed by atoms with Crippen molar-refractivity contribution in [3.05, 3.63) is 83.0 Å². The molecule has 3 heterocycles. The molecule has 1 amide bonds. The number of likely N-dealkylation sites (tertiary alicyclic amines) is 2. The van der Waals surface area contributed by atoms with E-state index in [1.807, 2.05) is 46.9 Å². The Bertz CT molecular complexity index is 1300. The van der Waals surface area contributed by atoms with E-state index in [1.54, 1.807) is 19.5 Å². The van der Waals surface area contributed by atoms with Gasteiger partial charge < -0.3 is 14.2 Å². The van der Waals surface area contributed by atoms with Crippen LogP contribution in [0.25, 0.3) is 11.8 Å². The zero-order chi connectivity index (χ0) is 25.2. The lowest BCUT2D eigenvalue weighted by Crippen LogP contribution is -2.45. The fraction of sp³-hybridized carbons (Fsp3) is 0.357. The summed E-state index contributed by atoms with van der Waals surface area (Å²) >= 11 is 0. The first-order chi connectivity index (χ1) is 17.4. The predicted molar refractivity (Wildman–Crippen MR) is 134 cm³/mol. The summed E-state index contributed by atoms with van der Waals surface area (Å²) in [4.78, 5) is 21.9. The Morgan fingerprint density at radius 3 is 2.75 bits per heavy atom. The summed E-state index contributed by atoms with van der Waals surface area (Å²) in [6.45, 7) is 4.77. The molecule has 188 valence electrons. The summed E-state index contributed by atoms with van der Waals surface area (Å²) in [6, 6.07) is 10.1. The minimum Gasteiger partial charge on any atom is -0.495 e. The van der Waals surface area contributed by atoms with Crippen molar-refractivity contribution in [3.8, 4) is 11.4 Å². The monoisotopic (exact) mass is 492 g/mol. The standard InChI is InChI=1S/C28H30F2N4O2/c1-19-15-33(18-31-19)26-8-6-20(14-27(26)36-2)12-22-4-3-10-34(28(22)35)23-9-11-32(17-23)16-21-5-7-24(29)25(30)13-21/h5-8,12-15,18,23H,3-4,9-11,16-17H2,1-2H3/t23-/m0/s1. The highest BCUT2D eigenvalue weighted by molar-refractivity contribution is 5.98. The van der Waals surface area contributed by atoms with Crippen molar-refractivity contribution in [2.75, 3.05) is 26.7 Å². The van der Waals surface area contributed by atoms with Crippen LogP contribution in [0.15, 0.2) is 54.5 Å². The van der Waals surface area contributed by atoms with Crippen LogP contribution < -0.4 is 4.74 Å². The van der Waals surface area contributed by atoms with Gasteiger partial charge >= 0.3 is 0 Å². The van der Waals surface area contributed by atoms with Crippen LogP contribution in [0, 0.1) is 18.6 Å². The Labute approximate surface area is 209 Å². The molecule has 0 unspecified atom stereocenters. The van der Waals surface area contributed by atoms with Crippen LogP contribution in [0.2, 0.25) is 0 Å². The Morgan fingerprint density at radius 1 is 1.14 bits per heavy atom. The summed E-state index contributed by atoms with van der Waals surface area (Å²) in [7, 11) is 1.64. The molecule has 2 fully saturated rings. The van der Waals surface area contributed by atoms with Gasteiger partial charge in [-0.1, -0.05) is 12.1 Å². The van der Waals surface area contributed by atoms with E-state index < -0.39 is 11.6 Å². The van der Waals surface area contributed by atoms with Gasteiger partial charge in [0.05, 0.1) is 24.8 Å². The number of aryl methyl sites for hydroxylation is 1. The molecule has 1 aromatic heterocycles. The van der Waals surface area contributed by atoms with Crippen LogP contribution in [0.3, 0.4) is 0 Å². The largest absolute Gasteiger partial charge is 0.495 e. The highest BCUT2D eigenvalue weighted by Gasteiger charge is 2.34. The molecule has 3 aromatic rings. The number of amides is 1. The number of piperidine rings is 1. The first-order valence-electron chi connectivity index (χ1n) is 12.3. The maximum absolute atomic E-state index is 13.6. The molecule has 2 aromatic carbocycles. The quantitative estimate of drug-likeness (QED) is 0.466. The first-order valence-corrected chi connectivity index (χ1v) is 12.3. The zero-order valence-electron chi connectivity index (χ0n) is 20.6. The number of ether oxygens (including phenoxy) is 1. The third-order valence-electron chi connectivity index (χ3n) is 6.99. The Kier molecular flexibility index (Phi) is 6.87. The van der Waals surface area contributed by atoms with Crippen LogP contribution in [0.5, 0.6) is 5.75 Å². The number of imidazole rings is 1. The Balaban J connectivity index is 1.28. The fourth-order valence-corrected chi connectivity index (χ4v) is 5.17. The van der Waals surface area contributed by atoms with Crippen LogP contribution in [-0.2, 0) is 11.3 Å². The van der Waals surface area contributed by atoms with E-state index in [-0.39, 0.29) is 11.9 Å². The molecular formula is C28H30F2N4O2. The number of rotatable bonds is 6. The zero-order valence-corrected chi connectivity index (χ0v) is 20.6. The van der Waals surface area contributed by atoms with Gasteiger partial charge in [0, 0.05) is 44.0 Å². The predicted octanol–water partition coefficient (Wildman–Crippen LogP) is 4.75. The minimum atomic E-state index is -0.833. The van der Waals surface area contributed by atoms with Gasteiger partial charge in [-0.3, -0.25) is 9.69 Å². The van der Waals surface area contributed by atoms with Crippen LogP contribution in [0.4, 0.5) is 8.78 Å². The number of halogens is 2. The van der Waals surface area contributed by atoms with Crippen molar-refractivity contribution in [1.29, 1.82) is 0 Å². The molecule has 0 N–H and O–H groups in total. The van der Waals surface area contributed by atoms with Gasteiger partial charge in [0.25, 0.3) is 0 Å². The number of hydrogen-bond donors (Lipinski definition) is 0. The SMILES string of the molecule is COc1cc(C=C2CCCN([C@H]3CCN(Cc4ccc(F)c(F)c4)C3)C2=O)ccc1-n1cnc(C)c1. The Hall–Kier alpha value is -3.52. The van der Waals surface area contributed by atoms with Gasteiger partial charge in [-0.05, 0) is 67.7 Å². The van der Waals surface area contributed by atoms with Crippen molar-refractivity contribution in [2.45, 2.75) is 38.8 Å². The third kappa shape index (κ3) is 5.04. The molecule has 36 heavy (non-hydrogen) atoms. The average Bonchev–Trinajstić information content (AvgIpc) is 3.51. The smallest absolute Gasteiger partial charge is 0.250 e. The van der Waals surface area contributed by atoms with Crippen LogP contribution >= 0.6 is 0 Å². The van der Waals surface area contributed by atoms with E-state index in [0.29, 0.717) is 12.3 Å². The van der Waals surface area contributed by atoms with Gasteiger partial charge in [-0.15, -0.1) is 0 Å². The second-order valence-corrected chi connectivity index (χ2v) is 9.55. The van der Waals surface area contributed by atoms with Crippen LogP contribution in [-0.4, -0.2) is 58.0 Å². The normalized spacial score (nSPS) is 19.9.